The summed E-state index contributed by atoms with van der Waals surface area (Å²) in [6.45, 7) is 4.77. The molecule has 1 saturated heterocycles. The lowest BCUT2D eigenvalue weighted by atomic mass is 10.1. The van der Waals surface area contributed by atoms with Crippen LogP contribution in [-0.2, 0) is 11.4 Å². The van der Waals surface area contributed by atoms with Gasteiger partial charge in [0.2, 0.25) is 0 Å². The van der Waals surface area contributed by atoms with Crippen LogP contribution in [0.1, 0.15) is 23.6 Å². The molecule has 0 unspecified atom stereocenters. The predicted molar refractivity (Wildman–Crippen MR) is 141 cm³/mol. The van der Waals surface area contributed by atoms with Gasteiger partial charge in [-0.3, -0.25) is 9.59 Å². The van der Waals surface area contributed by atoms with E-state index in [9.17, 15) is 9.59 Å². The zero-order valence-corrected chi connectivity index (χ0v) is 21.7. The van der Waals surface area contributed by atoms with E-state index in [0.29, 0.717) is 50.4 Å². The third kappa shape index (κ3) is 5.49. The number of ether oxygens (including phenoxy) is 2. The number of thioether (sulfide) groups is 1. The summed E-state index contributed by atoms with van der Waals surface area (Å²) in [6, 6.07) is 18.4. The van der Waals surface area contributed by atoms with Crippen molar-refractivity contribution in [2.24, 2.45) is 0 Å². The molecule has 3 aromatic carbocycles. The van der Waals surface area contributed by atoms with Crippen molar-refractivity contribution < 1.29 is 19.1 Å². The molecule has 1 aliphatic heterocycles. The van der Waals surface area contributed by atoms with Crippen LogP contribution in [0.5, 0.6) is 11.5 Å². The van der Waals surface area contributed by atoms with E-state index in [1.807, 2.05) is 38.1 Å². The number of aryl methyl sites for hydroxylation is 1. The van der Waals surface area contributed by atoms with Crippen LogP contribution in [0, 0.1) is 6.92 Å². The van der Waals surface area contributed by atoms with E-state index >= 15 is 0 Å². The first-order valence-electron chi connectivity index (χ1n) is 10.5. The minimum atomic E-state index is -0.401. The smallest absolute Gasteiger partial charge is 0.298 e. The van der Waals surface area contributed by atoms with Crippen molar-refractivity contribution in [2.45, 2.75) is 20.5 Å². The normalized spacial score (nSPS) is 14.7. The molecule has 2 amide bonds. The number of amides is 2. The second kappa shape index (κ2) is 10.7. The number of imide groups is 1. The van der Waals surface area contributed by atoms with Crippen LogP contribution in [0.2, 0.25) is 5.02 Å². The predicted octanol–water partition coefficient (Wildman–Crippen LogP) is 7.63. The molecule has 4 rings (SSSR count). The summed E-state index contributed by atoms with van der Waals surface area (Å²) in [4.78, 5) is 27.0. The molecule has 34 heavy (non-hydrogen) atoms. The molecule has 0 N–H and O–H groups in total. The molecular weight excluding hydrogens is 538 g/mol. The van der Waals surface area contributed by atoms with Gasteiger partial charge in [0.25, 0.3) is 11.1 Å². The topological polar surface area (TPSA) is 55.8 Å². The molecule has 174 valence electrons. The first kappa shape index (κ1) is 24.4. The highest BCUT2D eigenvalue weighted by molar-refractivity contribution is 9.10. The van der Waals surface area contributed by atoms with E-state index in [0.717, 1.165) is 27.8 Å². The molecule has 8 heteroatoms. The molecular formula is C26H21BrClNO4S. The van der Waals surface area contributed by atoms with Crippen molar-refractivity contribution in [2.75, 3.05) is 11.5 Å². The van der Waals surface area contributed by atoms with Gasteiger partial charge in [0, 0.05) is 9.50 Å². The number of hydrogen-bond donors (Lipinski definition) is 0. The molecule has 0 aromatic heterocycles. The highest BCUT2D eigenvalue weighted by Crippen LogP contribution is 2.40. The van der Waals surface area contributed by atoms with Gasteiger partial charge in [-0.15, -0.1) is 0 Å². The number of rotatable bonds is 7. The van der Waals surface area contributed by atoms with Crippen LogP contribution >= 0.6 is 39.3 Å². The molecule has 3 aromatic rings. The van der Waals surface area contributed by atoms with E-state index in [1.165, 1.54) is 0 Å². The fourth-order valence-corrected chi connectivity index (χ4v) is 4.91. The highest BCUT2D eigenvalue weighted by atomic mass is 79.9. The second-order valence-corrected chi connectivity index (χ2v) is 9.81. The van der Waals surface area contributed by atoms with Crippen LogP contribution in [0.4, 0.5) is 10.5 Å². The highest BCUT2D eigenvalue weighted by Gasteiger charge is 2.36. The maximum Gasteiger partial charge on any atom is 0.298 e. The van der Waals surface area contributed by atoms with Gasteiger partial charge in [-0.05, 0) is 73.1 Å². The molecule has 1 fully saturated rings. The molecule has 0 saturated carbocycles. The average molecular weight is 559 g/mol. The second-order valence-electron chi connectivity index (χ2n) is 7.53. The van der Waals surface area contributed by atoms with Crippen LogP contribution in [0.15, 0.2) is 70.0 Å². The lowest BCUT2D eigenvalue weighted by Crippen LogP contribution is -2.27. The van der Waals surface area contributed by atoms with Crippen LogP contribution in [0.3, 0.4) is 0 Å². The SMILES string of the molecule is CCOc1cc(/C=C2/SC(=O)N(c3cccc(Cl)c3)C2=O)c(Br)cc1OCc1cccc(C)c1. The number of halogens is 2. The molecule has 0 radical (unpaired) electrons. The lowest BCUT2D eigenvalue weighted by Gasteiger charge is -2.15. The van der Waals surface area contributed by atoms with Crippen molar-refractivity contribution in [3.05, 3.63) is 91.8 Å². The number of nitrogens with zero attached hydrogens (tertiary/aromatic N) is 1. The van der Waals surface area contributed by atoms with E-state index in [2.05, 4.69) is 22.0 Å². The zero-order chi connectivity index (χ0) is 24.2. The summed E-state index contributed by atoms with van der Waals surface area (Å²) in [5, 5.41) is 0.0728. The number of carbonyl (C=O) groups is 2. The summed E-state index contributed by atoms with van der Waals surface area (Å²) in [7, 11) is 0. The Morgan fingerprint density at radius 1 is 1.03 bits per heavy atom. The molecule has 0 aliphatic carbocycles. The Hall–Kier alpha value is -2.74. The molecule has 5 nitrogen and oxygen atoms in total. The number of anilines is 1. The average Bonchev–Trinajstić information content (AvgIpc) is 3.07. The van der Waals surface area contributed by atoms with E-state index in [4.69, 9.17) is 21.1 Å². The molecule has 1 heterocycles. The summed E-state index contributed by atoms with van der Waals surface area (Å²) in [5.74, 6) is 0.736. The first-order chi connectivity index (χ1) is 16.4. The van der Waals surface area contributed by atoms with E-state index < -0.39 is 5.91 Å². The summed E-state index contributed by atoms with van der Waals surface area (Å²) < 4.78 is 12.6. The van der Waals surface area contributed by atoms with Crippen molar-refractivity contribution >= 4 is 62.2 Å². The minimum Gasteiger partial charge on any atom is -0.490 e. The van der Waals surface area contributed by atoms with Gasteiger partial charge < -0.3 is 9.47 Å². The third-order valence-corrected chi connectivity index (χ3v) is 6.78. The largest absolute Gasteiger partial charge is 0.490 e. The molecule has 0 spiro atoms. The Labute approximate surface area is 215 Å². The van der Waals surface area contributed by atoms with Gasteiger partial charge in [-0.2, -0.15) is 0 Å². The van der Waals surface area contributed by atoms with Gasteiger partial charge in [0.05, 0.1) is 17.2 Å². The van der Waals surface area contributed by atoms with Crippen LogP contribution in [-0.4, -0.2) is 17.8 Å². The van der Waals surface area contributed by atoms with Crippen molar-refractivity contribution in [3.8, 4) is 11.5 Å². The Balaban J connectivity index is 1.61. The summed E-state index contributed by atoms with van der Waals surface area (Å²) in [5.41, 5.74) is 3.35. The monoisotopic (exact) mass is 557 g/mol. The molecule has 1 aliphatic rings. The number of carbonyl (C=O) groups excluding carboxylic acids is 2. The maximum atomic E-state index is 13.0. The van der Waals surface area contributed by atoms with Gasteiger partial charge in [0.15, 0.2) is 11.5 Å². The minimum absolute atomic E-state index is 0.307. The van der Waals surface area contributed by atoms with Gasteiger partial charge >= 0.3 is 0 Å². The van der Waals surface area contributed by atoms with Crippen LogP contribution in [0.25, 0.3) is 6.08 Å². The number of benzene rings is 3. The fourth-order valence-electron chi connectivity index (χ4n) is 3.45. The Morgan fingerprint density at radius 3 is 2.53 bits per heavy atom. The Kier molecular flexibility index (Phi) is 7.66. The van der Waals surface area contributed by atoms with Gasteiger partial charge in [-0.1, -0.05) is 63.4 Å². The number of hydrogen-bond acceptors (Lipinski definition) is 5. The maximum absolute atomic E-state index is 13.0. The van der Waals surface area contributed by atoms with Crippen LogP contribution < -0.4 is 14.4 Å². The molecule has 0 bridgehead atoms. The quantitative estimate of drug-likeness (QED) is 0.279. The van der Waals surface area contributed by atoms with E-state index in [-0.39, 0.29) is 5.24 Å². The Bertz CT molecular complexity index is 1290. The third-order valence-electron chi connectivity index (χ3n) is 4.99. The van der Waals surface area contributed by atoms with Crippen molar-refractivity contribution in [1.82, 2.24) is 0 Å². The summed E-state index contributed by atoms with van der Waals surface area (Å²) >= 11 is 10.5. The lowest BCUT2D eigenvalue weighted by molar-refractivity contribution is -0.113. The van der Waals surface area contributed by atoms with E-state index in [1.54, 1.807) is 36.4 Å². The fraction of sp³-hybridized carbons (Fsp3) is 0.154. The van der Waals surface area contributed by atoms with Crippen molar-refractivity contribution in [1.29, 1.82) is 0 Å². The summed E-state index contributed by atoms with van der Waals surface area (Å²) in [6.07, 6.45) is 1.67. The first-order valence-corrected chi connectivity index (χ1v) is 12.5. The van der Waals surface area contributed by atoms with Gasteiger partial charge in [-0.25, -0.2) is 4.90 Å². The Morgan fingerprint density at radius 2 is 1.79 bits per heavy atom. The molecule has 0 atom stereocenters. The van der Waals surface area contributed by atoms with Crippen molar-refractivity contribution in [3.63, 3.8) is 0 Å². The standard InChI is InChI=1S/C26H21BrClNO4S/c1-3-32-22-11-18(21(27)14-23(22)33-15-17-7-4-6-16(2)10-17)12-24-25(30)29(26(31)34-24)20-9-5-8-19(28)13-20/h4-14H,3,15H2,1-2H3/b24-12+. The zero-order valence-electron chi connectivity index (χ0n) is 18.5. The van der Waals surface area contributed by atoms with Gasteiger partial charge in [0.1, 0.15) is 6.61 Å².